The fourth-order valence-electron chi connectivity index (χ4n) is 1.04. The molecule has 2 N–H and O–H groups in total. The third-order valence-corrected chi connectivity index (χ3v) is 1.74. The number of nitrogens with two attached hydrogens (primary N) is 1. The second-order valence-corrected chi connectivity index (χ2v) is 2.91. The third kappa shape index (κ3) is 2.14. The lowest BCUT2D eigenvalue weighted by Crippen LogP contribution is -2.26. The number of rotatable bonds is 1. The summed E-state index contributed by atoms with van der Waals surface area (Å²) in [4.78, 5) is 3.72. The lowest BCUT2D eigenvalue weighted by atomic mass is 10.2. The molecule has 1 aromatic heterocycles. The van der Waals surface area contributed by atoms with Crippen molar-refractivity contribution in [2.24, 2.45) is 5.84 Å². The van der Waals surface area contributed by atoms with Crippen LogP contribution in [0.25, 0.3) is 0 Å². The first-order chi connectivity index (χ1) is 6.32. The van der Waals surface area contributed by atoms with E-state index in [2.05, 4.69) is 4.98 Å². The van der Waals surface area contributed by atoms with Gasteiger partial charge in [0.15, 0.2) is 0 Å². The third-order valence-electron chi connectivity index (χ3n) is 1.74. The molecule has 0 aromatic carbocycles. The molecule has 0 fully saturated rings. The highest BCUT2D eigenvalue weighted by Gasteiger charge is 2.32. The van der Waals surface area contributed by atoms with Gasteiger partial charge in [-0.3, -0.25) is 5.01 Å². The van der Waals surface area contributed by atoms with Gasteiger partial charge in [-0.25, -0.2) is 10.8 Å². The maximum Gasteiger partial charge on any atom is 0.418 e. The fraction of sp³-hybridized carbons (Fsp3) is 0.375. The number of halogens is 3. The highest BCUT2D eigenvalue weighted by Crippen LogP contribution is 2.31. The molecule has 0 atom stereocenters. The summed E-state index contributed by atoms with van der Waals surface area (Å²) in [5.74, 6) is 5.63. The first-order valence-electron chi connectivity index (χ1n) is 3.85. The van der Waals surface area contributed by atoms with E-state index in [0.29, 0.717) is 5.82 Å². The van der Waals surface area contributed by atoms with Crippen molar-refractivity contribution >= 4 is 5.82 Å². The largest absolute Gasteiger partial charge is 0.418 e. The van der Waals surface area contributed by atoms with Crippen molar-refractivity contribution in [3.05, 3.63) is 23.4 Å². The number of hydrazine groups is 1. The second-order valence-electron chi connectivity index (χ2n) is 2.91. The molecule has 78 valence electrons. The van der Waals surface area contributed by atoms with Crippen LogP contribution in [-0.4, -0.2) is 12.0 Å². The Kier molecular flexibility index (Phi) is 2.66. The van der Waals surface area contributed by atoms with Crippen LogP contribution in [0.5, 0.6) is 0 Å². The summed E-state index contributed by atoms with van der Waals surface area (Å²) in [6.45, 7) is 1.30. The summed E-state index contributed by atoms with van der Waals surface area (Å²) in [6, 6.07) is 2.21. The van der Waals surface area contributed by atoms with Crippen LogP contribution >= 0.6 is 0 Å². The van der Waals surface area contributed by atoms with E-state index in [1.165, 1.54) is 20.0 Å². The minimum Gasteiger partial charge on any atom is -0.298 e. The van der Waals surface area contributed by atoms with Gasteiger partial charge < -0.3 is 0 Å². The van der Waals surface area contributed by atoms with Crippen molar-refractivity contribution in [3.63, 3.8) is 0 Å². The van der Waals surface area contributed by atoms with Crippen molar-refractivity contribution < 1.29 is 13.2 Å². The van der Waals surface area contributed by atoms with E-state index >= 15 is 0 Å². The Morgan fingerprint density at radius 2 is 1.93 bits per heavy atom. The van der Waals surface area contributed by atoms with E-state index in [4.69, 9.17) is 5.84 Å². The Morgan fingerprint density at radius 1 is 1.36 bits per heavy atom. The number of alkyl halides is 3. The summed E-state index contributed by atoms with van der Waals surface area (Å²) in [5.41, 5.74) is -0.810. The van der Waals surface area contributed by atoms with E-state index < -0.39 is 11.7 Å². The molecule has 0 bridgehead atoms. The van der Waals surface area contributed by atoms with E-state index in [1.54, 1.807) is 0 Å². The minimum absolute atomic E-state index is 0.0766. The van der Waals surface area contributed by atoms with Gasteiger partial charge in [0, 0.05) is 7.05 Å². The number of hydrogen-bond donors (Lipinski definition) is 1. The normalized spacial score (nSPS) is 11.6. The van der Waals surface area contributed by atoms with Gasteiger partial charge in [0.25, 0.3) is 0 Å². The highest BCUT2D eigenvalue weighted by molar-refractivity contribution is 5.40. The zero-order valence-electron chi connectivity index (χ0n) is 7.76. The SMILES string of the molecule is Cc1nc(N(C)N)ccc1C(F)(F)F. The zero-order valence-corrected chi connectivity index (χ0v) is 7.76. The zero-order chi connectivity index (χ0) is 10.9. The highest BCUT2D eigenvalue weighted by atomic mass is 19.4. The van der Waals surface area contributed by atoms with E-state index in [-0.39, 0.29) is 5.69 Å². The smallest absolute Gasteiger partial charge is 0.298 e. The standard InChI is InChI=1S/C8H10F3N3/c1-5-6(8(9,10)11)3-4-7(13-5)14(2)12/h3-4H,12H2,1-2H3. The number of anilines is 1. The van der Waals surface area contributed by atoms with Crippen LogP contribution in [0.1, 0.15) is 11.3 Å². The van der Waals surface area contributed by atoms with Crippen molar-refractivity contribution in [3.8, 4) is 0 Å². The molecule has 3 nitrogen and oxygen atoms in total. The summed E-state index contributed by atoms with van der Waals surface area (Å²) in [5, 5.41) is 1.16. The van der Waals surface area contributed by atoms with Crippen molar-refractivity contribution in [2.45, 2.75) is 13.1 Å². The van der Waals surface area contributed by atoms with Gasteiger partial charge in [-0.1, -0.05) is 0 Å². The molecule has 0 radical (unpaired) electrons. The summed E-state index contributed by atoms with van der Waals surface area (Å²) in [7, 11) is 1.51. The number of hydrogen-bond acceptors (Lipinski definition) is 3. The molecule has 14 heavy (non-hydrogen) atoms. The second kappa shape index (κ2) is 3.45. The Morgan fingerprint density at radius 3 is 2.29 bits per heavy atom. The van der Waals surface area contributed by atoms with Crippen LogP contribution in [-0.2, 0) is 6.18 Å². The van der Waals surface area contributed by atoms with E-state index in [1.807, 2.05) is 0 Å². The molecule has 0 amide bonds. The van der Waals surface area contributed by atoms with Crippen molar-refractivity contribution in [1.82, 2.24) is 4.98 Å². The van der Waals surface area contributed by atoms with Crippen LogP contribution < -0.4 is 10.9 Å². The van der Waals surface area contributed by atoms with Crippen molar-refractivity contribution in [1.29, 1.82) is 0 Å². The lowest BCUT2D eigenvalue weighted by Gasteiger charge is -2.14. The fourth-order valence-corrected chi connectivity index (χ4v) is 1.04. The predicted octanol–water partition coefficient (Wildman–Crippen LogP) is 1.72. The number of pyridine rings is 1. The maximum atomic E-state index is 12.3. The topological polar surface area (TPSA) is 42.2 Å². The average Bonchev–Trinajstić information content (AvgIpc) is 2.01. The molecule has 0 aliphatic heterocycles. The van der Waals surface area contributed by atoms with E-state index in [0.717, 1.165) is 11.1 Å². The van der Waals surface area contributed by atoms with Gasteiger partial charge in [0.2, 0.25) is 0 Å². The molecule has 1 aromatic rings. The summed E-state index contributed by atoms with van der Waals surface area (Å²) < 4.78 is 36.9. The van der Waals surface area contributed by atoms with Gasteiger partial charge in [0.05, 0.1) is 11.3 Å². The van der Waals surface area contributed by atoms with Gasteiger partial charge in [0.1, 0.15) is 5.82 Å². The number of nitrogens with zero attached hydrogens (tertiary/aromatic N) is 2. The van der Waals surface area contributed by atoms with Gasteiger partial charge >= 0.3 is 6.18 Å². The van der Waals surface area contributed by atoms with Crippen LogP contribution in [0, 0.1) is 6.92 Å². The Labute approximate surface area is 79.3 Å². The Balaban J connectivity index is 3.15. The summed E-state index contributed by atoms with van der Waals surface area (Å²) >= 11 is 0. The molecular formula is C8H10F3N3. The number of aromatic nitrogens is 1. The predicted molar refractivity (Wildman–Crippen MR) is 46.6 cm³/mol. The van der Waals surface area contributed by atoms with E-state index in [9.17, 15) is 13.2 Å². The maximum absolute atomic E-state index is 12.3. The molecule has 0 saturated carbocycles. The average molecular weight is 205 g/mol. The van der Waals surface area contributed by atoms with Crippen LogP contribution in [0.3, 0.4) is 0 Å². The van der Waals surface area contributed by atoms with Crippen LogP contribution in [0.15, 0.2) is 12.1 Å². The quantitative estimate of drug-likeness (QED) is 0.560. The molecule has 0 saturated heterocycles. The molecule has 6 heteroatoms. The molecule has 0 aliphatic carbocycles. The Hall–Kier alpha value is -1.30. The van der Waals surface area contributed by atoms with Gasteiger partial charge in [-0.05, 0) is 19.1 Å². The molecule has 0 aliphatic rings. The first-order valence-corrected chi connectivity index (χ1v) is 3.85. The number of aryl methyl sites for hydroxylation is 1. The molecule has 0 spiro atoms. The minimum atomic E-state index is -4.36. The lowest BCUT2D eigenvalue weighted by molar-refractivity contribution is -0.138. The van der Waals surface area contributed by atoms with Crippen LogP contribution in [0.4, 0.5) is 19.0 Å². The van der Waals surface area contributed by atoms with Crippen molar-refractivity contribution in [2.75, 3.05) is 12.1 Å². The Bertz CT molecular complexity index is 333. The first kappa shape index (κ1) is 10.8. The molecule has 1 rings (SSSR count). The molecular weight excluding hydrogens is 195 g/mol. The molecule has 1 heterocycles. The van der Waals surface area contributed by atoms with Crippen LogP contribution in [0.2, 0.25) is 0 Å². The van der Waals surface area contributed by atoms with Gasteiger partial charge in [-0.2, -0.15) is 13.2 Å². The molecule has 0 unspecified atom stereocenters. The van der Waals surface area contributed by atoms with Gasteiger partial charge in [-0.15, -0.1) is 0 Å². The summed E-state index contributed by atoms with van der Waals surface area (Å²) in [6.07, 6.45) is -4.36. The monoisotopic (exact) mass is 205 g/mol.